The molecule has 0 amide bonds. The van der Waals surface area contributed by atoms with Gasteiger partial charge < -0.3 is 4.74 Å². The number of sulfonamides is 1. The van der Waals surface area contributed by atoms with Crippen molar-refractivity contribution in [1.29, 1.82) is 0 Å². The SMILES string of the molecule is Cc1ccc(S(=O)(=O)N2C[C@@H](COc3ccccc3)[C@H]2C(F)(F)F)cc1. The van der Waals surface area contributed by atoms with Gasteiger partial charge in [-0.15, -0.1) is 0 Å². The summed E-state index contributed by atoms with van der Waals surface area (Å²) in [7, 11) is -4.21. The summed E-state index contributed by atoms with van der Waals surface area (Å²) in [5, 5.41) is 0. The summed E-state index contributed by atoms with van der Waals surface area (Å²) in [5.41, 5.74) is 0.828. The molecule has 0 radical (unpaired) electrons. The summed E-state index contributed by atoms with van der Waals surface area (Å²) in [6, 6.07) is 12.2. The minimum Gasteiger partial charge on any atom is -0.493 e. The van der Waals surface area contributed by atoms with E-state index in [2.05, 4.69) is 0 Å². The van der Waals surface area contributed by atoms with Gasteiger partial charge in [-0.25, -0.2) is 8.42 Å². The Morgan fingerprint density at radius 1 is 1.08 bits per heavy atom. The Hall–Kier alpha value is -2.06. The summed E-state index contributed by atoms with van der Waals surface area (Å²) in [6.07, 6.45) is -4.67. The Labute approximate surface area is 150 Å². The number of rotatable bonds is 5. The van der Waals surface area contributed by atoms with Gasteiger partial charge in [0.25, 0.3) is 0 Å². The zero-order valence-corrected chi connectivity index (χ0v) is 14.8. The van der Waals surface area contributed by atoms with Gasteiger partial charge in [-0.2, -0.15) is 17.5 Å². The van der Waals surface area contributed by atoms with Crippen molar-refractivity contribution in [3.05, 3.63) is 60.2 Å². The molecule has 0 aromatic heterocycles. The molecule has 2 aromatic carbocycles. The first-order chi connectivity index (χ1) is 12.2. The van der Waals surface area contributed by atoms with E-state index in [9.17, 15) is 21.6 Å². The highest BCUT2D eigenvalue weighted by Gasteiger charge is 2.59. The highest BCUT2D eigenvalue weighted by molar-refractivity contribution is 7.89. The smallest absolute Gasteiger partial charge is 0.405 e. The maximum absolute atomic E-state index is 13.5. The van der Waals surface area contributed by atoms with E-state index in [1.807, 2.05) is 0 Å². The van der Waals surface area contributed by atoms with Gasteiger partial charge in [0.15, 0.2) is 0 Å². The van der Waals surface area contributed by atoms with Gasteiger partial charge in [0.2, 0.25) is 10.0 Å². The minimum atomic E-state index is -4.67. The fourth-order valence-electron chi connectivity index (χ4n) is 2.93. The molecule has 8 heteroatoms. The van der Waals surface area contributed by atoms with E-state index in [0.717, 1.165) is 5.56 Å². The third-order valence-corrected chi connectivity index (χ3v) is 6.20. The van der Waals surface area contributed by atoms with Gasteiger partial charge in [0.05, 0.1) is 11.5 Å². The van der Waals surface area contributed by atoms with Crippen LogP contribution in [-0.2, 0) is 10.0 Å². The van der Waals surface area contributed by atoms with Crippen LogP contribution in [0.3, 0.4) is 0 Å². The molecule has 1 saturated heterocycles. The van der Waals surface area contributed by atoms with Crippen LogP contribution in [0.15, 0.2) is 59.5 Å². The highest BCUT2D eigenvalue weighted by atomic mass is 32.2. The van der Waals surface area contributed by atoms with Crippen LogP contribution < -0.4 is 4.74 Å². The van der Waals surface area contributed by atoms with Crippen LogP contribution >= 0.6 is 0 Å². The predicted molar refractivity (Wildman–Crippen MR) is 90.3 cm³/mol. The van der Waals surface area contributed by atoms with Crippen LogP contribution in [-0.4, -0.2) is 38.1 Å². The average Bonchev–Trinajstić information content (AvgIpc) is 2.53. The number of aryl methyl sites for hydroxylation is 1. The van der Waals surface area contributed by atoms with Gasteiger partial charge in [0, 0.05) is 12.5 Å². The molecule has 0 unspecified atom stereocenters. The largest absolute Gasteiger partial charge is 0.493 e. The highest BCUT2D eigenvalue weighted by Crippen LogP contribution is 2.41. The Morgan fingerprint density at radius 2 is 1.69 bits per heavy atom. The van der Waals surface area contributed by atoms with Crippen molar-refractivity contribution in [3.8, 4) is 5.75 Å². The number of para-hydroxylation sites is 1. The van der Waals surface area contributed by atoms with Crippen molar-refractivity contribution in [1.82, 2.24) is 4.31 Å². The number of halogens is 3. The fourth-order valence-corrected chi connectivity index (χ4v) is 4.66. The van der Waals surface area contributed by atoms with Crippen LogP contribution in [0.25, 0.3) is 0 Å². The molecule has 0 spiro atoms. The molecule has 1 heterocycles. The molecular formula is C18H18F3NO3S. The van der Waals surface area contributed by atoms with Gasteiger partial charge in [-0.1, -0.05) is 35.9 Å². The van der Waals surface area contributed by atoms with Gasteiger partial charge in [-0.3, -0.25) is 0 Å². The Kier molecular flexibility index (Phi) is 4.98. The van der Waals surface area contributed by atoms with E-state index in [4.69, 9.17) is 4.74 Å². The lowest BCUT2D eigenvalue weighted by Crippen LogP contribution is -2.66. The number of nitrogens with zero attached hydrogens (tertiary/aromatic N) is 1. The van der Waals surface area contributed by atoms with Gasteiger partial charge in [0.1, 0.15) is 11.8 Å². The molecule has 1 aliphatic rings. The molecule has 26 heavy (non-hydrogen) atoms. The monoisotopic (exact) mass is 385 g/mol. The first kappa shape index (κ1) is 18.7. The standard InChI is InChI=1S/C18H18F3NO3S/c1-13-7-9-16(10-8-13)26(23,24)22-11-14(17(22)18(19,20)21)12-25-15-5-3-2-4-6-15/h2-10,14,17H,11-12H2,1H3/t14-,17-/m0/s1. The van der Waals surface area contributed by atoms with Crippen LogP contribution in [0.4, 0.5) is 13.2 Å². The lowest BCUT2D eigenvalue weighted by atomic mass is 9.92. The van der Waals surface area contributed by atoms with Crippen LogP contribution in [0, 0.1) is 12.8 Å². The summed E-state index contributed by atoms with van der Waals surface area (Å²) in [4.78, 5) is -0.139. The van der Waals surface area contributed by atoms with Gasteiger partial charge >= 0.3 is 6.18 Å². The predicted octanol–water partition coefficient (Wildman–Crippen LogP) is 3.63. The Balaban J connectivity index is 1.77. The number of hydrogen-bond donors (Lipinski definition) is 0. The van der Waals surface area contributed by atoms with E-state index in [1.54, 1.807) is 49.4 Å². The van der Waals surface area contributed by atoms with E-state index < -0.39 is 28.2 Å². The molecule has 1 fully saturated rings. The molecule has 0 saturated carbocycles. The average molecular weight is 385 g/mol. The zero-order valence-electron chi connectivity index (χ0n) is 14.0. The van der Waals surface area contributed by atoms with Crippen molar-refractivity contribution in [2.45, 2.75) is 24.0 Å². The van der Waals surface area contributed by atoms with Crippen LogP contribution in [0.5, 0.6) is 5.75 Å². The van der Waals surface area contributed by atoms with E-state index in [1.165, 1.54) is 12.1 Å². The molecule has 2 aromatic rings. The van der Waals surface area contributed by atoms with Crippen molar-refractivity contribution in [3.63, 3.8) is 0 Å². The number of alkyl halides is 3. The van der Waals surface area contributed by atoms with Crippen molar-refractivity contribution >= 4 is 10.0 Å². The normalized spacial score (nSPS) is 21.2. The van der Waals surface area contributed by atoms with E-state index in [-0.39, 0.29) is 18.0 Å². The summed E-state index contributed by atoms with van der Waals surface area (Å²) in [5.74, 6) is -0.497. The minimum absolute atomic E-state index is 0.139. The fraction of sp³-hybridized carbons (Fsp3) is 0.333. The molecule has 0 N–H and O–H groups in total. The van der Waals surface area contributed by atoms with Crippen molar-refractivity contribution in [2.75, 3.05) is 13.2 Å². The van der Waals surface area contributed by atoms with Crippen molar-refractivity contribution in [2.24, 2.45) is 5.92 Å². The molecule has 1 aliphatic heterocycles. The van der Waals surface area contributed by atoms with E-state index >= 15 is 0 Å². The topological polar surface area (TPSA) is 46.6 Å². The molecular weight excluding hydrogens is 367 g/mol. The second kappa shape index (κ2) is 6.92. The summed E-state index contributed by atoms with van der Waals surface area (Å²) in [6.45, 7) is 1.34. The van der Waals surface area contributed by atoms with Crippen LogP contribution in [0.1, 0.15) is 5.56 Å². The first-order valence-corrected chi connectivity index (χ1v) is 9.46. The quantitative estimate of drug-likeness (QED) is 0.790. The van der Waals surface area contributed by atoms with E-state index in [0.29, 0.717) is 10.1 Å². The molecule has 0 bridgehead atoms. The lowest BCUT2D eigenvalue weighted by Gasteiger charge is -2.46. The second-order valence-corrected chi connectivity index (χ2v) is 8.15. The lowest BCUT2D eigenvalue weighted by molar-refractivity contribution is -0.215. The molecule has 140 valence electrons. The zero-order chi connectivity index (χ0) is 18.9. The van der Waals surface area contributed by atoms with Crippen molar-refractivity contribution < 1.29 is 26.3 Å². The van der Waals surface area contributed by atoms with Crippen LogP contribution in [0.2, 0.25) is 0 Å². The van der Waals surface area contributed by atoms with Gasteiger partial charge in [-0.05, 0) is 31.2 Å². The third-order valence-electron chi connectivity index (χ3n) is 4.34. The third kappa shape index (κ3) is 3.71. The number of hydrogen-bond acceptors (Lipinski definition) is 3. The maximum Gasteiger partial charge on any atom is 0.405 e. The number of benzene rings is 2. The molecule has 3 rings (SSSR count). The maximum atomic E-state index is 13.5. The number of ether oxygens (including phenoxy) is 1. The Bertz CT molecular complexity index is 852. The molecule has 4 nitrogen and oxygen atoms in total. The summed E-state index contributed by atoms with van der Waals surface area (Å²) < 4.78 is 71.5. The Morgan fingerprint density at radius 3 is 2.27 bits per heavy atom. The molecule has 2 atom stereocenters. The second-order valence-electron chi connectivity index (χ2n) is 6.26. The molecule has 0 aliphatic carbocycles. The summed E-state index contributed by atoms with van der Waals surface area (Å²) >= 11 is 0. The first-order valence-electron chi connectivity index (χ1n) is 8.02.